The van der Waals surface area contributed by atoms with Gasteiger partial charge in [0.05, 0.1) is 15.7 Å². The van der Waals surface area contributed by atoms with Crippen LogP contribution in [0.5, 0.6) is 0 Å². The highest BCUT2D eigenvalue weighted by Gasteiger charge is 2.12. The van der Waals surface area contributed by atoms with Crippen LogP contribution in [0.2, 0.25) is 15.1 Å². The van der Waals surface area contributed by atoms with Gasteiger partial charge in [-0.15, -0.1) is 11.8 Å². The van der Waals surface area contributed by atoms with Gasteiger partial charge >= 0.3 is 0 Å². The Morgan fingerprint density at radius 3 is 2.25 bits per heavy atom. The number of benzene rings is 1. The van der Waals surface area contributed by atoms with E-state index in [4.69, 9.17) is 34.8 Å². The van der Waals surface area contributed by atoms with E-state index in [1.54, 1.807) is 23.9 Å². The number of nitrogens with zero attached hydrogens (tertiary/aromatic N) is 1. The van der Waals surface area contributed by atoms with Crippen LogP contribution < -0.4 is 0 Å². The van der Waals surface area contributed by atoms with Crippen molar-refractivity contribution in [2.45, 2.75) is 5.03 Å². The number of H-pyrrole nitrogens is 1. The molecule has 2 nitrogen and oxygen atoms in total. The first kappa shape index (κ1) is 12.1. The summed E-state index contributed by atoms with van der Waals surface area (Å²) in [6.45, 7) is 0. The highest BCUT2D eigenvalue weighted by molar-refractivity contribution is 7.98. The van der Waals surface area contributed by atoms with Gasteiger partial charge in [0.25, 0.3) is 0 Å². The molecule has 0 aliphatic carbocycles. The van der Waals surface area contributed by atoms with Crippen molar-refractivity contribution in [3.8, 4) is 11.3 Å². The second-order valence-corrected chi connectivity index (χ2v) is 5.15. The molecule has 16 heavy (non-hydrogen) atoms. The van der Waals surface area contributed by atoms with Crippen LogP contribution in [0.25, 0.3) is 11.3 Å². The zero-order valence-electron chi connectivity index (χ0n) is 8.22. The average Bonchev–Trinajstić information content (AvgIpc) is 2.64. The Morgan fingerprint density at radius 2 is 1.75 bits per heavy atom. The summed E-state index contributed by atoms with van der Waals surface area (Å²) in [5, 5.41) is 9.41. The normalized spacial score (nSPS) is 10.8. The third kappa shape index (κ3) is 2.33. The highest BCUT2D eigenvalue weighted by atomic mass is 35.5. The first-order valence-electron chi connectivity index (χ1n) is 4.36. The van der Waals surface area contributed by atoms with Gasteiger partial charge in [0, 0.05) is 10.6 Å². The summed E-state index contributed by atoms with van der Waals surface area (Å²) >= 11 is 19.6. The summed E-state index contributed by atoms with van der Waals surface area (Å²) < 4.78 is 0. The number of thioether (sulfide) groups is 1. The molecular weight excluding hydrogens is 287 g/mol. The lowest BCUT2D eigenvalue weighted by molar-refractivity contribution is 1.01. The Labute approximate surface area is 112 Å². The van der Waals surface area contributed by atoms with Crippen molar-refractivity contribution in [3.63, 3.8) is 0 Å². The van der Waals surface area contributed by atoms with E-state index in [9.17, 15) is 0 Å². The first-order valence-corrected chi connectivity index (χ1v) is 6.72. The Kier molecular flexibility index (Phi) is 3.70. The van der Waals surface area contributed by atoms with Crippen LogP contribution in [-0.4, -0.2) is 16.5 Å². The maximum absolute atomic E-state index is 6.10. The lowest BCUT2D eigenvalue weighted by Crippen LogP contribution is -1.82. The summed E-state index contributed by atoms with van der Waals surface area (Å²) in [6, 6.07) is 5.21. The second-order valence-electron chi connectivity index (χ2n) is 3.07. The van der Waals surface area contributed by atoms with Gasteiger partial charge in [0.15, 0.2) is 0 Å². The Hall–Kier alpha value is -0.350. The molecule has 1 aromatic carbocycles. The third-order valence-corrected chi connectivity index (χ3v) is 3.48. The highest BCUT2D eigenvalue weighted by Crippen LogP contribution is 2.36. The molecule has 0 amide bonds. The minimum absolute atomic E-state index is 0.508. The molecule has 0 unspecified atom stereocenters. The lowest BCUT2D eigenvalue weighted by Gasteiger charge is -2.04. The summed E-state index contributed by atoms with van der Waals surface area (Å²) in [6.07, 6.45) is 1.95. The van der Waals surface area contributed by atoms with Crippen molar-refractivity contribution < 1.29 is 0 Å². The average molecular weight is 294 g/mol. The van der Waals surface area contributed by atoms with E-state index in [1.807, 2.05) is 12.3 Å². The molecule has 1 N–H and O–H groups in total. The molecule has 1 heterocycles. The Morgan fingerprint density at radius 1 is 1.12 bits per heavy atom. The van der Waals surface area contributed by atoms with Crippen molar-refractivity contribution in [2.24, 2.45) is 0 Å². The van der Waals surface area contributed by atoms with Crippen LogP contribution in [0.15, 0.2) is 23.2 Å². The quantitative estimate of drug-likeness (QED) is 0.809. The molecule has 1 aromatic heterocycles. The topological polar surface area (TPSA) is 28.7 Å². The molecule has 0 bridgehead atoms. The van der Waals surface area contributed by atoms with E-state index in [1.165, 1.54) is 0 Å². The standard InChI is InChI=1S/C10H7Cl3N2S/c1-16-9-4-8(14-15-9)10-6(12)2-5(11)3-7(10)13/h2-4H,1H3,(H,14,15). The maximum atomic E-state index is 6.10. The lowest BCUT2D eigenvalue weighted by atomic mass is 10.1. The van der Waals surface area contributed by atoms with Crippen LogP contribution in [0.1, 0.15) is 0 Å². The minimum atomic E-state index is 0.508. The van der Waals surface area contributed by atoms with E-state index >= 15 is 0 Å². The molecule has 0 aliphatic rings. The van der Waals surface area contributed by atoms with E-state index in [-0.39, 0.29) is 0 Å². The fourth-order valence-electron chi connectivity index (χ4n) is 1.34. The van der Waals surface area contributed by atoms with Gasteiger partial charge in [-0.05, 0) is 24.5 Å². The maximum Gasteiger partial charge on any atom is 0.118 e. The van der Waals surface area contributed by atoms with Crippen molar-refractivity contribution in [1.82, 2.24) is 10.2 Å². The molecule has 2 aromatic rings. The second kappa shape index (κ2) is 4.88. The summed E-state index contributed by atoms with van der Waals surface area (Å²) in [5.74, 6) is 0. The molecule has 0 atom stereocenters. The third-order valence-electron chi connectivity index (χ3n) is 2.04. The van der Waals surface area contributed by atoms with Crippen LogP contribution in [0.4, 0.5) is 0 Å². The zero-order valence-corrected chi connectivity index (χ0v) is 11.3. The molecule has 0 fully saturated rings. The number of hydrogen-bond acceptors (Lipinski definition) is 2. The molecular formula is C10H7Cl3N2S. The first-order chi connectivity index (χ1) is 7.61. The van der Waals surface area contributed by atoms with E-state index in [0.717, 1.165) is 16.3 Å². The SMILES string of the molecule is CSc1cc(-c2c(Cl)cc(Cl)cc2Cl)[nH]n1. The molecule has 6 heteroatoms. The molecule has 0 aliphatic heterocycles. The van der Waals surface area contributed by atoms with Crippen molar-refractivity contribution >= 4 is 46.6 Å². The number of halogens is 3. The number of hydrogen-bond donors (Lipinski definition) is 1. The fraction of sp³-hybridized carbons (Fsp3) is 0.100. The van der Waals surface area contributed by atoms with Gasteiger partial charge in [-0.1, -0.05) is 34.8 Å². The minimum Gasteiger partial charge on any atom is -0.277 e. The number of rotatable bonds is 2. The van der Waals surface area contributed by atoms with Gasteiger partial charge in [-0.2, -0.15) is 5.10 Å². The van der Waals surface area contributed by atoms with Gasteiger partial charge in [0.1, 0.15) is 5.03 Å². The van der Waals surface area contributed by atoms with Gasteiger partial charge in [0.2, 0.25) is 0 Å². The number of nitrogens with one attached hydrogen (secondary N) is 1. The molecule has 2 rings (SSSR count). The van der Waals surface area contributed by atoms with E-state index in [2.05, 4.69) is 10.2 Å². The van der Waals surface area contributed by atoms with Crippen molar-refractivity contribution in [2.75, 3.05) is 6.26 Å². The van der Waals surface area contributed by atoms with Crippen molar-refractivity contribution in [1.29, 1.82) is 0 Å². The van der Waals surface area contributed by atoms with Crippen molar-refractivity contribution in [3.05, 3.63) is 33.3 Å². The van der Waals surface area contributed by atoms with Crippen LogP contribution in [0.3, 0.4) is 0 Å². The summed E-state index contributed by atoms with van der Waals surface area (Å²) in [7, 11) is 0. The largest absolute Gasteiger partial charge is 0.277 e. The predicted octanol–water partition coefficient (Wildman–Crippen LogP) is 4.76. The Bertz CT molecular complexity index is 502. The predicted molar refractivity (Wildman–Crippen MR) is 70.8 cm³/mol. The van der Waals surface area contributed by atoms with Crippen LogP contribution >= 0.6 is 46.6 Å². The fourth-order valence-corrected chi connectivity index (χ4v) is 2.73. The van der Waals surface area contributed by atoms with Crippen LogP contribution in [-0.2, 0) is 0 Å². The van der Waals surface area contributed by atoms with E-state index in [0.29, 0.717) is 15.1 Å². The van der Waals surface area contributed by atoms with Gasteiger partial charge < -0.3 is 0 Å². The zero-order chi connectivity index (χ0) is 11.7. The van der Waals surface area contributed by atoms with Crippen LogP contribution in [0, 0.1) is 0 Å². The molecule has 0 saturated heterocycles. The van der Waals surface area contributed by atoms with E-state index < -0.39 is 0 Å². The number of aromatic nitrogens is 2. The molecule has 0 saturated carbocycles. The molecule has 0 spiro atoms. The smallest absolute Gasteiger partial charge is 0.118 e. The summed E-state index contributed by atoms with van der Waals surface area (Å²) in [5.41, 5.74) is 1.51. The molecule has 0 radical (unpaired) electrons. The molecule has 84 valence electrons. The van der Waals surface area contributed by atoms with Gasteiger partial charge in [-0.25, -0.2) is 0 Å². The monoisotopic (exact) mass is 292 g/mol. The number of aromatic amines is 1. The summed E-state index contributed by atoms with van der Waals surface area (Å²) in [4.78, 5) is 0. The van der Waals surface area contributed by atoms with Gasteiger partial charge in [-0.3, -0.25) is 5.10 Å². The Balaban J connectivity index is 2.55.